The van der Waals surface area contributed by atoms with Gasteiger partial charge in [0, 0.05) is 6.92 Å². The average molecular weight is 76.1 g/mol. The first kappa shape index (κ1) is 4.47. The molecule has 0 saturated carbocycles. The molecule has 0 spiro atoms. The van der Waals surface area contributed by atoms with E-state index >= 15 is 0 Å². The van der Waals surface area contributed by atoms with Crippen LogP contribution >= 0.6 is 0 Å². The van der Waals surface area contributed by atoms with E-state index in [0.29, 0.717) is 0 Å². The first-order valence-corrected chi connectivity index (χ1v) is 1.32. The number of carbonyl (C=O) groups is 1. The van der Waals surface area contributed by atoms with Gasteiger partial charge in [0.15, 0.2) is 0 Å². The zero-order valence-electron chi connectivity index (χ0n) is 3.32. The van der Waals surface area contributed by atoms with E-state index in [-0.39, 0.29) is 5.97 Å². The smallest absolute Gasteiger partial charge is 0.302 e. The van der Waals surface area contributed by atoms with Gasteiger partial charge in [0.25, 0.3) is 0 Å². The summed E-state index contributed by atoms with van der Waals surface area (Å²) in [6, 6.07) is 0. The van der Waals surface area contributed by atoms with Gasteiger partial charge in [-0.2, -0.15) is 0 Å². The number of esters is 1. The quantitative estimate of drug-likeness (QED) is 0.304. The van der Waals surface area contributed by atoms with Crippen molar-refractivity contribution in [3.05, 3.63) is 0 Å². The highest BCUT2D eigenvalue weighted by Crippen LogP contribution is 1.60. The molecule has 0 unspecified atom stereocenters. The summed E-state index contributed by atoms with van der Waals surface area (Å²) in [5, 5.41) is 0. The van der Waals surface area contributed by atoms with E-state index < -0.39 is 0 Å². The van der Waals surface area contributed by atoms with Crippen molar-refractivity contribution in [2.24, 2.45) is 0 Å². The first-order valence-electron chi connectivity index (χ1n) is 1.32. The van der Waals surface area contributed by atoms with Crippen molar-refractivity contribution in [3.8, 4) is 0 Å². The molecule has 0 saturated heterocycles. The molecule has 0 rings (SSSR count). The minimum absolute atomic E-state index is 0.245. The van der Waals surface area contributed by atoms with E-state index in [9.17, 15) is 4.79 Å². The topological polar surface area (TPSA) is 26.3 Å². The molecule has 2 heteroatoms. The zero-order chi connectivity index (χ0) is 4.28. The van der Waals surface area contributed by atoms with Crippen molar-refractivity contribution in [2.75, 3.05) is 7.11 Å². The Labute approximate surface area is 30.7 Å². The summed E-state index contributed by atoms with van der Waals surface area (Å²) < 4.78 is 4.11. The summed E-state index contributed by atoms with van der Waals surface area (Å²) in [7, 11) is 1.35. The highest BCUT2D eigenvalue weighted by atomic mass is 16.6. The fourth-order valence-electron chi connectivity index (χ4n) is 0. The summed E-state index contributed by atoms with van der Waals surface area (Å²) in [6.07, 6.45) is 0. The predicted octanol–water partition coefficient (Wildman–Crippen LogP) is 0.179. The number of carbonyl (C=O) groups excluding carboxylic acids is 1. The van der Waals surface area contributed by atoms with Gasteiger partial charge < -0.3 is 4.74 Å². The predicted molar refractivity (Wildman–Crippen MR) is 17.7 cm³/mol. The Bertz CT molecular complexity index is 40.2. The third-order valence-corrected chi connectivity index (χ3v) is 0.287. The van der Waals surface area contributed by atoms with Crippen molar-refractivity contribution >= 4 is 5.97 Å². The van der Waals surface area contributed by atoms with Gasteiger partial charge in [0.05, 0.1) is 7.11 Å². The Morgan fingerprint density at radius 2 is 2.00 bits per heavy atom. The van der Waals surface area contributed by atoms with Crippen molar-refractivity contribution in [2.45, 2.75) is 6.92 Å². The molecule has 0 aliphatic heterocycles. The van der Waals surface area contributed by atoms with E-state index in [1.165, 1.54) is 14.0 Å². The summed E-state index contributed by atoms with van der Waals surface area (Å²) in [5.74, 6) is -0.245. The SMILES string of the molecule is CO[13C]([13CH3])=O. The number of hydrogen-bond donors (Lipinski definition) is 0. The summed E-state index contributed by atoms with van der Waals surface area (Å²) >= 11 is 0. The Kier molecular flexibility index (Phi) is 1.57. The number of rotatable bonds is 0. The lowest BCUT2D eigenvalue weighted by Crippen LogP contribution is -1.88. The summed E-state index contributed by atoms with van der Waals surface area (Å²) in [5.41, 5.74) is 0. The molecule has 0 aliphatic carbocycles. The Morgan fingerprint density at radius 3 is 2.00 bits per heavy atom. The van der Waals surface area contributed by atoms with Gasteiger partial charge >= 0.3 is 5.97 Å². The molecule has 2 nitrogen and oxygen atoms in total. The Morgan fingerprint density at radius 1 is 1.80 bits per heavy atom. The van der Waals surface area contributed by atoms with E-state index in [1.54, 1.807) is 0 Å². The largest absolute Gasteiger partial charge is 0.469 e. The second-order valence-electron chi connectivity index (χ2n) is 0.696. The van der Waals surface area contributed by atoms with Gasteiger partial charge in [-0.3, -0.25) is 4.79 Å². The van der Waals surface area contributed by atoms with E-state index in [2.05, 4.69) is 4.74 Å². The van der Waals surface area contributed by atoms with Gasteiger partial charge in [-0.1, -0.05) is 0 Å². The maximum atomic E-state index is 9.59. The molecule has 30 valence electrons. The molecule has 0 bridgehead atoms. The summed E-state index contributed by atoms with van der Waals surface area (Å²) in [6.45, 7) is 1.36. The van der Waals surface area contributed by atoms with E-state index in [1.807, 2.05) is 0 Å². The van der Waals surface area contributed by atoms with Crippen LogP contribution in [0, 0.1) is 0 Å². The van der Waals surface area contributed by atoms with Gasteiger partial charge in [-0.25, -0.2) is 0 Å². The van der Waals surface area contributed by atoms with Crippen molar-refractivity contribution in [1.82, 2.24) is 0 Å². The van der Waals surface area contributed by atoms with Crippen LogP contribution in [0.4, 0.5) is 0 Å². The van der Waals surface area contributed by atoms with Crippen LogP contribution in [0.2, 0.25) is 0 Å². The molecule has 0 aliphatic rings. The van der Waals surface area contributed by atoms with Crippen LogP contribution in [0.1, 0.15) is 6.92 Å². The fraction of sp³-hybridized carbons (Fsp3) is 0.667. The molecular formula is C3H6O2. The normalized spacial score (nSPS) is 6.80. The second-order valence-corrected chi connectivity index (χ2v) is 0.696. The number of hydrogen-bond acceptors (Lipinski definition) is 2. The maximum Gasteiger partial charge on any atom is 0.302 e. The number of methoxy groups -OCH3 is 1. The van der Waals surface area contributed by atoms with Gasteiger partial charge in [0.1, 0.15) is 0 Å². The van der Waals surface area contributed by atoms with Crippen LogP contribution < -0.4 is 0 Å². The first-order chi connectivity index (χ1) is 2.27. The highest BCUT2D eigenvalue weighted by Gasteiger charge is 1.75. The van der Waals surface area contributed by atoms with Crippen LogP contribution in [-0.4, -0.2) is 13.1 Å². The maximum absolute atomic E-state index is 9.59. The standard InChI is InChI=1S/C3H6O2/c1-3(4)5-2/h1-2H3/i1+1,3+1. The fourth-order valence-corrected chi connectivity index (χ4v) is 0. The van der Waals surface area contributed by atoms with Crippen LogP contribution in [0.25, 0.3) is 0 Å². The second kappa shape index (κ2) is 1.76. The Hall–Kier alpha value is -0.530. The van der Waals surface area contributed by atoms with E-state index in [4.69, 9.17) is 0 Å². The lowest BCUT2D eigenvalue weighted by atomic mass is 11.6. The Balaban J connectivity index is 2.85. The third kappa shape index (κ3) is 3.47. The molecule has 0 N–H and O–H groups in total. The van der Waals surface area contributed by atoms with Crippen molar-refractivity contribution < 1.29 is 9.53 Å². The van der Waals surface area contributed by atoms with Crippen LogP contribution in [0.3, 0.4) is 0 Å². The minimum Gasteiger partial charge on any atom is -0.469 e. The molecule has 0 aromatic rings. The van der Waals surface area contributed by atoms with Gasteiger partial charge in [-0.05, 0) is 0 Å². The van der Waals surface area contributed by atoms with Crippen LogP contribution in [-0.2, 0) is 9.53 Å². The molecule has 5 heavy (non-hydrogen) atoms. The van der Waals surface area contributed by atoms with Gasteiger partial charge in [0.2, 0.25) is 0 Å². The minimum atomic E-state index is -0.245. The highest BCUT2D eigenvalue weighted by molar-refractivity contribution is 5.65. The van der Waals surface area contributed by atoms with Crippen LogP contribution in [0.5, 0.6) is 0 Å². The molecule has 0 fully saturated rings. The number of ether oxygens (including phenoxy) is 1. The molecule has 0 aromatic heterocycles. The average Bonchev–Trinajstić information content (AvgIpc) is 1.38. The lowest BCUT2D eigenvalue weighted by molar-refractivity contribution is -0.137. The molecule has 0 radical (unpaired) electrons. The monoisotopic (exact) mass is 76.0 g/mol. The molecular weight excluding hydrogens is 70.0 g/mol. The van der Waals surface area contributed by atoms with Crippen LogP contribution in [0.15, 0.2) is 0 Å². The molecule has 0 amide bonds. The van der Waals surface area contributed by atoms with E-state index in [0.717, 1.165) is 0 Å². The molecule has 0 aromatic carbocycles. The van der Waals surface area contributed by atoms with Crippen molar-refractivity contribution in [1.29, 1.82) is 0 Å². The third-order valence-electron chi connectivity index (χ3n) is 0.287. The molecule has 0 heterocycles. The van der Waals surface area contributed by atoms with Gasteiger partial charge in [-0.15, -0.1) is 0 Å². The molecule has 0 atom stereocenters. The zero-order valence-corrected chi connectivity index (χ0v) is 3.32. The summed E-state index contributed by atoms with van der Waals surface area (Å²) in [4.78, 5) is 9.59. The lowest BCUT2D eigenvalue weighted by Gasteiger charge is -1.80. The van der Waals surface area contributed by atoms with Crippen molar-refractivity contribution in [3.63, 3.8) is 0 Å².